The summed E-state index contributed by atoms with van der Waals surface area (Å²) in [6.07, 6.45) is 2.77. The molecule has 3 N–H and O–H groups in total. The number of fused-ring (bicyclic) bond motifs is 1. The van der Waals surface area contributed by atoms with Crippen LogP contribution in [0.5, 0.6) is 0 Å². The van der Waals surface area contributed by atoms with Gasteiger partial charge in [0.1, 0.15) is 5.82 Å². The Morgan fingerprint density at radius 1 is 1.50 bits per heavy atom. The Morgan fingerprint density at radius 3 is 3.09 bits per heavy atom. The van der Waals surface area contributed by atoms with Gasteiger partial charge in [-0.25, -0.2) is 9.37 Å². The number of anilines is 1. The van der Waals surface area contributed by atoms with E-state index in [0.29, 0.717) is 10.7 Å². The van der Waals surface area contributed by atoms with Gasteiger partial charge in [-0.3, -0.25) is 4.79 Å². The van der Waals surface area contributed by atoms with Gasteiger partial charge in [-0.05, 0) is 37.0 Å². The fourth-order valence-corrected chi connectivity index (χ4v) is 3.57. The van der Waals surface area contributed by atoms with Crippen LogP contribution < -0.4 is 11.1 Å². The van der Waals surface area contributed by atoms with E-state index in [1.54, 1.807) is 12.1 Å². The predicted octanol–water partition coefficient (Wildman–Crippen LogP) is 2.70. The summed E-state index contributed by atoms with van der Waals surface area (Å²) in [6, 6.07) is 6.25. The Balaban J connectivity index is 0.00000176. The van der Waals surface area contributed by atoms with Gasteiger partial charge in [0.05, 0.1) is 12.1 Å². The van der Waals surface area contributed by atoms with Crippen LogP contribution in [0, 0.1) is 5.82 Å². The minimum Gasteiger partial charge on any atom is -0.327 e. The maximum atomic E-state index is 13.1. The molecule has 22 heavy (non-hydrogen) atoms. The summed E-state index contributed by atoms with van der Waals surface area (Å²) >= 11 is 1.48. The fraction of sp³-hybridized carbons (Fsp3) is 0.333. The second-order valence-electron chi connectivity index (χ2n) is 5.25. The van der Waals surface area contributed by atoms with Crippen molar-refractivity contribution in [2.75, 3.05) is 5.32 Å². The number of nitrogens with one attached hydrogen (secondary N) is 1. The molecule has 1 aromatic heterocycles. The molecule has 0 saturated heterocycles. The zero-order valence-electron chi connectivity index (χ0n) is 11.8. The average Bonchev–Trinajstić information content (AvgIpc) is 2.79. The Labute approximate surface area is 138 Å². The summed E-state index contributed by atoms with van der Waals surface area (Å²) in [5, 5.41) is 3.39. The van der Waals surface area contributed by atoms with E-state index >= 15 is 0 Å². The van der Waals surface area contributed by atoms with Crippen molar-refractivity contribution in [1.82, 2.24) is 4.98 Å². The molecule has 4 nitrogen and oxygen atoms in total. The third-order valence-corrected chi connectivity index (χ3v) is 4.51. The number of carbonyl (C=O) groups excluding carboxylic acids is 1. The zero-order valence-corrected chi connectivity index (χ0v) is 13.5. The van der Waals surface area contributed by atoms with Gasteiger partial charge in [0, 0.05) is 10.9 Å². The summed E-state index contributed by atoms with van der Waals surface area (Å²) in [5.41, 5.74) is 7.63. The van der Waals surface area contributed by atoms with Gasteiger partial charge in [-0.15, -0.1) is 23.7 Å². The van der Waals surface area contributed by atoms with Crippen molar-refractivity contribution in [2.24, 2.45) is 5.73 Å². The van der Waals surface area contributed by atoms with E-state index in [2.05, 4.69) is 10.3 Å². The summed E-state index contributed by atoms with van der Waals surface area (Å²) < 4.78 is 13.1. The maximum absolute atomic E-state index is 13.1. The standard InChI is InChI=1S/C15H16FN3OS.ClH/c16-10-3-1-2-9(6-10)7-14(20)19-15-18-12-5-4-11(17)8-13(12)21-15;/h1-3,6,11H,4-5,7-8,17H2,(H,18,19,20);1H/t11-;/m0./s1. The lowest BCUT2D eigenvalue weighted by Gasteiger charge is -2.15. The summed E-state index contributed by atoms with van der Waals surface area (Å²) in [5.74, 6) is -0.519. The van der Waals surface area contributed by atoms with E-state index in [9.17, 15) is 9.18 Å². The number of amides is 1. The minimum atomic E-state index is -0.334. The molecule has 1 aliphatic rings. The molecule has 118 valence electrons. The van der Waals surface area contributed by atoms with Gasteiger partial charge in [0.15, 0.2) is 5.13 Å². The zero-order chi connectivity index (χ0) is 14.8. The van der Waals surface area contributed by atoms with Crippen molar-refractivity contribution in [2.45, 2.75) is 31.7 Å². The lowest BCUT2D eigenvalue weighted by Crippen LogP contribution is -2.27. The van der Waals surface area contributed by atoms with Crippen molar-refractivity contribution in [3.8, 4) is 0 Å². The first kappa shape index (κ1) is 16.9. The van der Waals surface area contributed by atoms with Crippen LogP contribution in [0.4, 0.5) is 9.52 Å². The van der Waals surface area contributed by atoms with Crippen molar-refractivity contribution in [3.05, 3.63) is 46.2 Å². The molecule has 1 aliphatic carbocycles. The van der Waals surface area contributed by atoms with Crippen molar-refractivity contribution in [1.29, 1.82) is 0 Å². The number of nitrogens with two attached hydrogens (primary N) is 1. The third-order valence-electron chi connectivity index (χ3n) is 3.48. The van der Waals surface area contributed by atoms with Gasteiger partial charge in [-0.2, -0.15) is 0 Å². The minimum absolute atomic E-state index is 0. The van der Waals surface area contributed by atoms with Crippen LogP contribution in [0.1, 0.15) is 22.6 Å². The number of nitrogens with zero attached hydrogens (tertiary/aromatic N) is 1. The van der Waals surface area contributed by atoms with Crippen molar-refractivity contribution < 1.29 is 9.18 Å². The first-order valence-corrected chi connectivity index (χ1v) is 7.70. The molecule has 1 aromatic carbocycles. The second-order valence-corrected chi connectivity index (χ2v) is 6.33. The average molecular weight is 342 g/mol. The quantitative estimate of drug-likeness (QED) is 0.902. The van der Waals surface area contributed by atoms with Gasteiger partial charge in [0.25, 0.3) is 0 Å². The third kappa shape index (κ3) is 4.03. The number of thiazole rings is 1. The Bertz CT molecular complexity index is 677. The van der Waals surface area contributed by atoms with Crippen LogP contribution in [0.2, 0.25) is 0 Å². The van der Waals surface area contributed by atoms with Crippen molar-refractivity contribution in [3.63, 3.8) is 0 Å². The normalized spacial score (nSPS) is 16.5. The lowest BCUT2D eigenvalue weighted by molar-refractivity contribution is -0.115. The monoisotopic (exact) mass is 341 g/mol. The summed E-state index contributed by atoms with van der Waals surface area (Å²) in [4.78, 5) is 17.6. The highest BCUT2D eigenvalue weighted by molar-refractivity contribution is 7.15. The number of aromatic nitrogens is 1. The molecule has 2 aromatic rings. The number of hydrogen-bond acceptors (Lipinski definition) is 4. The highest BCUT2D eigenvalue weighted by Crippen LogP contribution is 2.29. The maximum Gasteiger partial charge on any atom is 0.230 e. The molecule has 0 saturated carbocycles. The summed E-state index contributed by atoms with van der Waals surface area (Å²) in [6.45, 7) is 0. The smallest absolute Gasteiger partial charge is 0.230 e. The fourth-order valence-electron chi connectivity index (χ4n) is 2.45. The predicted molar refractivity (Wildman–Crippen MR) is 88.1 cm³/mol. The highest BCUT2D eigenvalue weighted by Gasteiger charge is 2.20. The number of rotatable bonds is 3. The molecule has 1 atom stereocenters. The molecule has 3 rings (SSSR count). The Hall–Kier alpha value is -1.50. The van der Waals surface area contributed by atoms with Crippen molar-refractivity contribution >= 4 is 34.8 Å². The van der Waals surface area contributed by atoms with Crippen LogP contribution in [-0.2, 0) is 24.1 Å². The van der Waals surface area contributed by atoms with Gasteiger partial charge < -0.3 is 11.1 Å². The Morgan fingerprint density at radius 2 is 2.32 bits per heavy atom. The van der Waals surface area contributed by atoms with E-state index < -0.39 is 0 Å². The molecule has 1 amide bonds. The largest absolute Gasteiger partial charge is 0.327 e. The first-order chi connectivity index (χ1) is 10.1. The molecule has 0 bridgehead atoms. The number of carbonyl (C=O) groups is 1. The number of aryl methyl sites for hydroxylation is 1. The van der Waals surface area contributed by atoms with E-state index in [-0.39, 0.29) is 36.6 Å². The number of hydrogen-bond donors (Lipinski definition) is 2. The summed E-state index contributed by atoms with van der Waals surface area (Å²) in [7, 11) is 0. The van der Waals surface area contributed by atoms with Gasteiger partial charge in [0.2, 0.25) is 5.91 Å². The van der Waals surface area contributed by atoms with Crippen LogP contribution in [0.15, 0.2) is 24.3 Å². The number of halogens is 2. The lowest BCUT2D eigenvalue weighted by atomic mass is 9.99. The molecule has 0 spiro atoms. The van der Waals surface area contributed by atoms with Crippen LogP contribution in [0.25, 0.3) is 0 Å². The second kappa shape index (κ2) is 7.17. The van der Waals surface area contributed by atoms with E-state index in [4.69, 9.17) is 5.73 Å². The Kier molecular flexibility index (Phi) is 5.50. The van der Waals surface area contributed by atoms with E-state index in [1.807, 2.05) is 0 Å². The highest BCUT2D eigenvalue weighted by atomic mass is 35.5. The topological polar surface area (TPSA) is 68.0 Å². The SMILES string of the molecule is Cl.N[C@H]1CCc2nc(NC(=O)Cc3cccc(F)c3)sc2C1. The molecular weight excluding hydrogens is 325 g/mol. The molecule has 1 heterocycles. The molecule has 0 unspecified atom stereocenters. The van der Waals surface area contributed by atoms with Crippen LogP contribution in [0.3, 0.4) is 0 Å². The van der Waals surface area contributed by atoms with Gasteiger partial charge >= 0.3 is 0 Å². The molecule has 7 heteroatoms. The number of benzene rings is 1. The van der Waals surface area contributed by atoms with E-state index in [0.717, 1.165) is 29.8 Å². The van der Waals surface area contributed by atoms with Crippen LogP contribution >= 0.6 is 23.7 Å². The molecule has 0 radical (unpaired) electrons. The molecule has 0 fully saturated rings. The molecular formula is C15H17ClFN3OS. The van der Waals surface area contributed by atoms with Crippen LogP contribution in [-0.4, -0.2) is 16.9 Å². The van der Waals surface area contributed by atoms with Gasteiger partial charge in [-0.1, -0.05) is 12.1 Å². The first-order valence-electron chi connectivity index (χ1n) is 6.88. The molecule has 0 aliphatic heterocycles. The van der Waals surface area contributed by atoms with E-state index in [1.165, 1.54) is 23.5 Å².